The van der Waals surface area contributed by atoms with Crippen LogP contribution in [0.2, 0.25) is 5.02 Å². The fraction of sp³-hybridized carbons (Fsp3) is 0.176. The Morgan fingerprint density at radius 1 is 1.12 bits per heavy atom. The van der Waals surface area contributed by atoms with Gasteiger partial charge in [-0.15, -0.1) is 0 Å². The largest absolute Gasteiger partial charge is 0.494 e. The summed E-state index contributed by atoms with van der Waals surface area (Å²) in [5, 5.41) is 0.547. The number of hydrogen-bond acceptors (Lipinski definition) is 4. The Kier molecular flexibility index (Phi) is 7.09. The van der Waals surface area contributed by atoms with Crippen LogP contribution in [0.4, 0.5) is 0 Å². The van der Waals surface area contributed by atoms with Gasteiger partial charge in [0.05, 0.1) is 11.1 Å². The SMILES string of the molecule is CCOc1cccc(C(=O)NNC(=O)COc2ccc(Cl)cc2Br)c1. The molecule has 0 aliphatic rings. The summed E-state index contributed by atoms with van der Waals surface area (Å²) >= 11 is 9.12. The predicted octanol–water partition coefficient (Wildman–Crippen LogP) is 3.34. The first-order chi connectivity index (χ1) is 12.0. The van der Waals surface area contributed by atoms with Gasteiger partial charge >= 0.3 is 0 Å². The van der Waals surface area contributed by atoms with Gasteiger partial charge in [-0.25, -0.2) is 0 Å². The number of benzene rings is 2. The molecule has 132 valence electrons. The molecule has 0 aliphatic carbocycles. The van der Waals surface area contributed by atoms with E-state index in [1.54, 1.807) is 42.5 Å². The number of amides is 2. The second-order valence-corrected chi connectivity index (χ2v) is 6.12. The third-order valence-corrected chi connectivity index (χ3v) is 3.83. The van der Waals surface area contributed by atoms with E-state index in [0.29, 0.717) is 33.2 Å². The Labute approximate surface area is 158 Å². The number of rotatable bonds is 6. The average molecular weight is 428 g/mol. The minimum Gasteiger partial charge on any atom is -0.494 e. The second-order valence-electron chi connectivity index (χ2n) is 4.83. The number of nitrogens with one attached hydrogen (secondary N) is 2. The summed E-state index contributed by atoms with van der Waals surface area (Å²) in [5.41, 5.74) is 4.98. The van der Waals surface area contributed by atoms with E-state index in [1.165, 1.54) is 0 Å². The van der Waals surface area contributed by atoms with Gasteiger partial charge in [-0.3, -0.25) is 20.4 Å². The van der Waals surface area contributed by atoms with E-state index in [4.69, 9.17) is 21.1 Å². The molecule has 0 bridgehead atoms. The van der Waals surface area contributed by atoms with Gasteiger partial charge in [-0.1, -0.05) is 17.7 Å². The van der Waals surface area contributed by atoms with Crippen LogP contribution in [0, 0.1) is 0 Å². The van der Waals surface area contributed by atoms with Gasteiger partial charge in [0.1, 0.15) is 11.5 Å². The molecule has 0 heterocycles. The standard InChI is InChI=1S/C17H16BrClN2O4/c1-2-24-13-5-3-4-11(8-13)17(23)21-20-16(22)10-25-15-7-6-12(19)9-14(15)18/h3-9H,2,10H2,1H3,(H,20,22)(H,21,23). The van der Waals surface area contributed by atoms with Crippen LogP contribution < -0.4 is 20.3 Å². The fourth-order valence-electron chi connectivity index (χ4n) is 1.86. The van der Waals surface area contributed by atoms with Crippen LogP contribution in [-0.4, -0.2) is 25.0 Å². The number of halogens is 2. The zero-order valence-electron chi connectivity index (χ0n) is 13.3. The monoisotopic (exact) mass is 426 g/mol. The van der Waals surface area contributed by atoms with Crippen LogP contribution in [-0.2, 0) is 4.79 Å². The summed E-state index contributed by atoms with van der Waals surface area (Å²) in [7, 11) is 0. The first-order valence-electron chi connectivity index (χ1n) is 7.39. The maximum Gasteiger partial charge on any atom is 0.276 e. The summed E-state index contributed by atoms with van der Waals surface area (Å²) in [4.78, 5) is 23.8. The normalized spacial score (nSPS) is 10.0. The highest BCUT2D eigenvalue weighted by Gasteiger charge is 2.10. The minimum absolute atomic E-state index is 0.264. The number of carbonyl (C=O) groups is 2. The van der Waals surface area contributed by atoms with Gasteiger partial charge in [-0.05, 0) is 59.3 Å². The molecule has 0 saturated heterocycles. The molecule has 0 aromatic heterocycles. The Morgan fingerprint density at radius 2 is 1.92 bits per heavy atom. The first kappa shape index (κ1) is 19.1. The van der Waals surface area contributed by atoms with Gasteiger partial charge in [0.25, 0.3) is 11.8 Å². The molecule has 0 fully saturated rings. The summed E-state index contributed by atoms with van der Waals surface area (Å²) in [5.74, 6) is 0.0893. The maximum absolute atomic E-state index is 12.0. The molecular formula is C17H16BrClN2O4. The number of carbonyl (C=O) groups excluding carboxylic acids is 2. The third-order valence-electron chi connectivity index (χ3n) is 2.98. The van der Waals surface area contributed by atoms with E-state index in [0.717, 1.165) is 0 Å². The lowest BCUT2D eigenvalue weighted by Gasteiger charge is -2.10. The van der Waals surface area contributed by atoms with Crippen LogP contribution >= 0.6 is 27.5 Å². The number of hydrogen-bond donors (Lipinski definition) is 2. The molecule has 2 aromatic carbocycles. The lowest BCUT2D eigenvalue weighted by molar-refractivity contribution is -0.123. The highest BCUT2D eigenvalue weighted by atomic mass is 79.9. The predicted molar refractivity (Wildman–Crippen MR) is 97.9 cm³/mol. The van der Waals surface area contributed by atoms with Crippen molar-refractivity contribution >= 4 is 39.3 Å². The van der Waals surface area contributed by atoms with Crippen molar-refractivity contribution in [3.63, 3.8) is 0 Å². The van der Waals surface area contributed by atoms with Crippen molar-refractivity contribution in [3.05, 3.63) is 57.5 Å². The number of hydrazine groups is 1. The van der Waals surface area contributed by atoms with E-state index in [9.17, 15) is 9.59 Å². The molecule has 0 atom stereocenters. The van der Waals surface area contributed by atoms with Gasteiger partial charge in [0.15, 0.2) is 6.61 Å². The minimum atomic E-state index is -0.504. The van der Waals surface area contributed by atoms with Gasteiger partial charge < -0.3 is 9.47 Å². The van der Waals surface area contributed by atoms with Crippen LogP contribution in [0.3, 0.4) is 0 Å². The Bertz CT molecular complexity index is 770. The van der Waals surface area contributed by atoms with Gasteiger partial charge in [0, 0.05) is 10.6 Å². The Hall–Kier alpha value is -2.25. The van der Waals surface area contributed by atoms with Crippen molar-refractivity contribution in [1.82, 2.24) is 10.9 Å². The zero-order chi connectivity index (χ0) is 18.2. The quantitative estimate of drug-likeness (QED) is 0.693. The molecule has 6 nitrogen and oxygen atoms in total. The smallest absolute Gasteiger partial charge is 0.276 e. The summed E-state index contributed by atoms with van der Waals surface area (Å²) in [6, 6.07) is 11.6. The topological polar surface area (TPSA) is 76.7 Å². The molecule has 0 radical (unpaired) electrons. The van der Waals surface area contributed by atoms with E-state index >= 15 is 0 Å². The third kappa shape index (κ3) is 5.95. The van der Waals surface area contributed by atoms with E-state index in [1.807, 2.05) is 6.92 Å². The molecule has 0 unspecified atom stereocenters. The lowest BCUT2D eigenvalue weighted by Crippen LogP contribution is -2.43. The van der Waals surface area contributed by atoms with Gasteiger partial charge in [0.2, 0.25) is 0 Å². The molecule has 0 aliphatic heterocycles. The van der Waals surface area contributed by atoms with E-state index in [2.05, 4.69) is 26.8 Å². The van der Waals surface area contributed by atoms with Crippen molar-refractivity contribution in [2.75, 3.05) is 13.2 Å². The molecule has 0 spiro atoms. The molecular weight excluding hydrogens is 412 g/mol. The van der Waals surface area contributed by atoms with Crippen molar-refractivity contribution in [2.24, 2.45) is 0 Å². The van der Waals surface area contributed by atoms with Crippen LogP contribution in [0.15, 0.2) is 46.9 Å². The Balaban J connectivity index is 1.83. The Morgan fingerprint density at radius 3 is 2.64 bits per heavy atom. The van der Waals surface area contributed by atoms with Crippen molar-refractivity contribution in [3.8, 4) is 11.5 Å². The second kappa shape index (κ2) is 9.29. The first-order valence-corrected chi connectivity index (χ1v) is 8.56. The highest BCUT2D eigenvalue weighted by molar-refractivity contribution is 9.10. The molecule has 2 aromatic rings. The molecule has 2 amide bonds. The summed E-state index contributed by atoms with van der Waals surface area (Å²) < 4.78 is 11.3. The lowest BCUT2D eigenvalue weighted by atomic mass is 10.2. The van der Waals surface area contributed by atoms with Crippen molar-refractivity contribution in [1.29, 1.82) is 0 Å². The summed E-state index contributed by atoms with van der Waals surface area (Å²) in [6.45, 7) is 2.09. The number of ether oxygens (including phenoxy) is 2. The zero-order valence-corrected chi connectivity index (χ0v) is 15.7. The van der Waals surface area contributed by atoms with Crippen molar-refractivity contribution < 1.29 is 19.1 Å². The van der Waals surface area contributed by atoms with E-state index in [-0.39, 0.29) is 6.61 Å². The van der Waals surface area contributed by atoms with E-state index < -0.39 is 11.8 Å². The van der Waals surface area contributed by atoms with Gasteiger partial charge in [-0.2, -0.15) is 0 Å². The molecule has 25 heavy (non-hydrogen) atoms. The average Bonchev–Trinajstić information content (AvgIpc) is 2.59. The van der Waals surface area contributed by atoms with Crippen LogP contribution in [0.1, 0.15) is 17.3 Å². The maximum atomic E-state index is 12.0. The molecule has 8 heteroatoms. The fourth-order valence-corrected chi connectivity index (χ4v) is 2.66. The molecule has 0 saturated carbocycles. The summed E-state index contributed by atoms with van der Waals surface area (Å²) in [6.07, 6.45) is 0. The molecule has 2 N–H and O–H groups in total. The highest BCUT2D eigenvalue weighted by Crippen LogP contribution is 2.27. The van der Waals surface area contributed by atoms with Crippen LogP contribution in [0.25, 0.3) is 0 Å². The van der Waals surface area contributed by atoms with Crippen molar-refractivity contribution in [2.45, 2.75) is 6.92 Å². The molecule has 2 rings (SSSR count). The van der Waals surface area contributed by atoms with Crippen LogP contribution in [0.5, 0.6) is 11.5 Å².